The molecule has 0 spiro atoms. The average molecular weight is 259 g/mol. The fourth-order valence-corrected chi connectivity index (χ4v) is 2.01. The Morgan fingerprint density at radius 2 is 1.95 bits per heavy atom. The van der Waals surface area contributed by atoms with E-state index < -0.39 is 6.10 Å². The first kappa shape index (κ1) is 13.8. The van der Waals surface area contributed by atoms with Crippen molar-refractivity contribution in [2.45, 2.75) is 39.0 Å². The molecule has 2 aromatic rings. The molecule has 1 aromatic heterocycles. The van der Waals surface area contributed by atoms with E-state index in [1.165, 1.54) is 0 Å². The minimum atomic E-state index is -0.405. The molecular weight excluding hydrogens is 238 g/mol. The van der Waals surface area contributed by atoms with E-state index in [0.29, 0.717) is 13.0 Å². The number of furan rings is 1. The Bertz CT molecular complexity index is 492. The van der Waals surface area contributed by atoms with Gasteiger partial charge in [0.25, 0.3) is 0 Å². The van der Waals surface area contributed by atoms with Crippen LogP contribution in [0.15, 0.2) is 47.1 Å². The van der Waals surface area contributed by atoms with E-state index in [1.807, 2.05) is 50.2 Å². The van der Waals surface area contributed by atoms with E-state index in [-0.39, 0.29) is 6.04 Å². The Morgan fingerprint density at radius 3 is 2.58 bits per heavy atom. The summed E-state index contributed by atoms with van der Waals surface area (Å²) >= 11 is 0. The van der Waals surface area contributed by atoms with Crippen LogP contribution in [0.2, 0.25) is 0 Å². The van der Waals surface area contributed by atoms with Gasteiger partial charge in [0, 0.05) is 6.04 Å². The fraction of sp³-hybridized carbons (Fsp3) is 0.375. The minimum absolute atomic E-state index is 0.0182. The van der Waals surface area contributed by atoms with Crippen LogP contribution in [0.1, 0.15) is 23.8 Å². The highest BCUT2D eigenvalue weighted by Gasteiger charge is 2.15. The van der Waals surface area contributed by atoms with Gasteiger partial charge in [-0.25, -0.2) is 0 Å². The van der Waals surface area contributed by atoms with Crippen molar-refractivity contribution in [1.82, 2.24) is 5.32 Å². The molecule has 102 valence electrons. The van der Waals surface area contributed by atoms with Gasteiger partial charge in [0.2, 0.25) is 0 Å². The molecule has 0 aliphatic rings. The van der Waals surface area contributed by atoms with Gasteiger partial charge in [0.05, 0.1) is 18.9 Å². The van der Waals surface area contributed by atoms with Crippen molar-refractivity contribution in [3.63, 3.8) is 0 Å². The first-order valence-corrected chi connectivity index (χ1v) is 6.65. The summed E-state index contributed by atoms with van der Waals surface area (Å²) < 4.78 is 5.37. The monoisotopic (exact) mass is 259 g/mol. The number of benzene rings is 1. The number of hydrogen-bond acceptors (Lipinski definition) is 3. The summed E-state index contributed by atoms with van der Waals surface area (Å²) in [7, 11) is 0. The number of aryl methyl sites for hydroxylation is 1. The third-order valence-corrected chi connectivity index (χ3v) is 3.42. The lowest BCUT2D eigenvalue weighted by molar-refractivity contribution is 0.132. The van der Waals surface area contributed by atoms with Crippen molar-refractivity contribution in [3.05, 3.63) is 59.5 Å². The lowest BCUT2D eigenvalue weighted by Crippen LogP contribution is -2.38. The van der Waals surface area contributed by atoms with E-state index in [2.05, 4.69) is 5.32 Å². The molecule has 0 saturated carbocycles. The van der Waals surface area contributed by atoms with E-state index in [4.69, 9.17) is 4.42 Å². The zero-order chi connectivity index (χ0) is 13.7. The molecule has 0 aliphatic carbocycles. The first-order valence-electron chi connectivity index (χ1n) is 6.65. The zero-order valence-corrected chi connectivity index (χ0v) is 11.5. The van der Waals surface area contributed by atoms with Crippen LogP contribution in [0.5, 0.6) is 0 Å². The molecule has 3 nitrogen and oxygen atoms in total. The largest absolute Gasteiger partial charge is 0.468 e. The molecule has 1 aromatic carbocycles. The van der Waals surface area contributed by atoms with Gasteiger partial charge in [-0.1, -0.05) is 30.3 Å². The van der Waals surface area contributed by atoms with Crippen molar-refractivity contribution >= 4 is 0 Å². The standard InChI is InChI=1S/C16H21NO2/c1-12-8-9-19-16(12)11-17-13(2)15(18)10-14-6-4-3-5-7-14/h3-9,13,15,17-18H,10-11H2,1-2H3. The van der Waals surface area contributed by atoms with Gasteiger partial charge < -0.3 is 14.8 Å². The van der Waals surface area contributed by atoms with Crippen LogP contribution in [0.25, 0.3) is 0 Å². The van der Waals surface area contributed by atoms with Gasteiger partial charge in [-0.05, 0) is 37.5 Å². The van der Waals surface area contributed by atoms with Crippen molar-refractivity contribution in [2.75, 3.05) is 0 Å². The van der Waals surface area contributed by atoms with Crippen molar-refractivity contribution in [2.24, 2.45) is 0 Å². The van der Waals surface area contributed by atoms with E-state index in [1.54, 1.807) is 6.26 Å². The van der Waals surface area contributed by atoms with Gasteiger partial charge in [0.1, 0.15) is 5.76 Å². The minimum Gasteiger partial charge on any atom is -0.468 e. The van der Waals surface area contributed by atoms with Gasteiger partial charge in [-0.2, -0.15) is 0 Å². The molecule has 0 fully saturated rings. The number of rotatable bonds is 6. The van der Waals surface area contributed by atoms with Crippen molar-refractivity contribution < 1.29 is 9.52 Å². The molecule has 2 N–H and O–H groups in total. The number of aliphatic hydroxyl groups excluding tert-OH is 1. The Kier molecular flexibility index (Phi) is 4.77. The highest BCUT2D eigenvalue weighted by Crippen LogP contribution is 2.10. The molecule has 0 aliphatic heterocycles. The highest BCUT2D eigenvalue weighted by molar-refractivity contribution is 5.16. The normalized spacial score (nSPS) is 14.3. The molecule has 19 heavy (non-hydrogen) atoms. The Labute approximate surface area is 114 Å². The predicted octanol–water partition coefficient (Wildman–Crippen LogP) is 2.67. The lowest BCUT2D eigenvalue weighted by Gasteiger charge is -2.20. The molecule has 2 unspecified atom stereocenters. The third kappa shape index (κ3) is 3.94. The van der Waals surface area contributed by atoms with E-state index in [9.17, 15) is 5.11 Å². The molecule has 2 rings (SSSR count). The van der Waals surface area contributed by atoms with E-state index in [0.717, 1.165) is 16.9 Å². The summed E-state index contributed by atoms with van der Waals surface area (Å²) in [4.78, 5) is 0. The average Bonchev–Trinajstić information content (AvgIpc) is 2.82. The lowest BCUT2D eigenvalue weighted by atomic mass is 10.0. The van der Waals surface area contributed by atoms with Crippen molar-refractivity contribution in [1.29, 1.82) is 0 Å². The molecule has 1 heterocycles. The number of nitrogens with one attached hydrogen (secondary N) is 1. The van der Waals surface area contributed by atoms with Crippen LogP contribution >= 0.6 is 0 Å². The third-order valence-electron chi connectivity index (χ3n) is 3.42. The summed E-state index contributed by atoms with van der Waals surface area (Å²) in [6.07, 6.45) is 1.95. The molecule has 0 saturated heterocycles. The van der Waals surface area contributed by atoms with E-state index >= 15 is 0 Å². The predicted molar refractivity (Wildman–Crippen MR) is 75.9 cm³/mol. The molecular formula is C16H21NO2. The summed E-state index contributed by atoms with van der Waals surface area (Å²) in [5, 5.41) is 13.5. The van der Waals surface area contributed by atoms with Crippen LogP contribution in [-0.2, 0) is 13.0 Å². The topological polar surface area (TPSA) is 45.4 Å². The van der Waals surface area contributed by atoms with Gasteiger partial charge >= 0.3 is 0 Å². The molecule has 3 heteroatoms. The van der Waals surface area contributed by atoms with Gasteiger partial charge in [-0.15, -0.1) is 0 Å². The summed E-state index contributed by atoms with van der Waals surface area (Å²) in [6, 6.07) is 12.0. The summed E-state index contributed by atoms with van der Waals surface area (Å²) in [5.41, 5.74) is 2.29. The second-order valence-corrected chi connectivity index (χ2v) is 4.95. The maximum absolute atomic E-state index is 10.2. The van der Waals surface area contributed by atoms with Gasteiger partial charge in [0.15, 0.2) is 0 Å². The molecule has 2 atom stereocenters. The number of aliphatic hydroxyl groups is 1. The highest BCUT2D eigenvalue weighted by atomic mass is 16.3. The fourth-order valence-electron chi connectivity index (χ4n) is 2.01. The summed E-state index contributed by atoms with van der Waals surface area (Å²) in [6.45, 7) is 4.66. The number of hydrogen-bond donors (Lipinski definition) is 2. The van der Waals surface area contributed by atoms with Crippen LogP contribution in [0, 0.1) is 6.92 Å². The van der Waals surface area contributed by atoms with Crippen LogP contribution in [0.3, 0.4) is 0 Å². The molecule has 0 amide bonds. The summed E-state index contributed by atoms with van der Waals surface area (Å²) in [5.74, 6) is 0.929. The zero-order valence-electron chi connectivity index (χ0n) is 11.5. The first-order chi connectivity index (χ1) is 9.16. The van der Waals surface area contributed by atoms with Crippen LogP contribution < -0.4 is 5.32 Å². The molecule has 0 radical (unpaired) electrons. The maximum Gasteiger partial charge on any atom is 0.120 e. The quantitative estimate of drug-likeness (QED) is 0.838. The van der Waals surface area contributed by atoms with Gasteiger partial charge in [-0.3, -0.25) is 0 Å². The second kappa shape index (κ2) is 6.55. The van der Waals surface area contributed by atoms with Crippen LogP contribution in [-0.4, -0.2) is 17.3 Å². The molecule has 0 bridgehead atoms. The maximum atomic E-state index is 10.2. The Balaban J connectivity index is 1.82. The second-order valence-electron chi connectivity index (χ2n) is 4.95. The Hall–Kier alpha value is -1.58. The smallest absolute Gasteiger partial charge is 0.120 e. The SMILES string of the molecule is Cc1ccoc1CNC(C)C(O)Cc1ccccc1. The van der Waals surface area contributed by atoms with Crippen LogP contribution in [0.4, 0.5) is 0 Å². The Morgan fingerprint density at radius 1 is 1.21 bits per heavy atom. The van der Waals surface area contributed by atoms with Crippen molar-refractivity contribution in [3.8, 4) is 0 Å².